The molecule has 1 fully saturated rings. The van der Waals surface area contributed by atoms with Gasteiger partial charge in [0.05, 0.1) is 6.04 Å². The second kappa shape index (κ2) is 6.88. The molecular formula is C17H32N2O3. The lowest BCUT2D eigenvalue weighted by atomic mass is 9.80. The van der Waals surface area contributed by atoms with Gasteiger partial charge >= 0.3 is 6.09 Å². The van der Waals surface area contributed by atoms with E-state index in [0.29, 0.717) is 12.5 Å². The van der Waals surface area contributed by atoms with Crippen molar-refractivity contribution < 1.29 is 14.3 Å². The fourth-order valence-electron chi connectivity index (χ4n) is 3.05. The number of likely N-dealkylation sites (tertiary alicyclic amines) is 1. The second-order valence-corrected chi connectivity index (χ2v) is 8.63. The number of nitrogens with zero attached hydrogens (tertiary/aromatic N) is 1. The van der Waals surface area contributed by atoms with E-state index >= 15 is 0 Å². The zero-order valence-corrected chi connectivity index (χ0v) is 15.2. The molecule has 22 heavy (non-hydrogen) atoms. The predicted octanol–water partition coefficient (Wildman–Crippen LogP) is 3.18. The van der Waals surface area contributed by atoms with Crippen LogP contribution in [0.2, 0.25) is 0 Å². The normalized spacial score (nSPS) is 23.1. The van der Waals surface area contributed by atoms with Crippen molar-refractivity contribution in [3.63, 3.8) is 0 Å². The Bertz CT molecular complexity index is 407. The summed E-state index contributed by atoms with van der Waals surface area (Å²) in [7, 11) is 0. The van der Waals surface area contributed by atoms with E-state index in [1.54, 1.807) is 6.92 Å². The maximum absolute atomic E-state index is 12.0. The van der Waals surface area contributed by atoms with Gasteiger partial charge in [0.2, 0.25) is 5.91 Å². The molecule has 0 radical (unpaired) electrons. The summed E-state index contributed by atoms with van der Waals surface area (Å²) in [6.07, 6.45) is 1.52. The molecule has 1 aliphatic heterocycles. The van der Waals surface area contributed by atoms with Crippen LogP contribution in [0.3, 0.4) is 0 Å². The van der Waals surface area contributed by atoms with Gasteiger partial charge in [0, 0.05) is 20.0 Å². The first kappa shape index (κ1) is 18.8. The molecule has 0 aliphatic carbocycles. The van der Waals surface area contributed by atoms with Gasteiger partial charge in [-0.3, -0.25) is 4.79 Å². The van der Waals surface area contributed by atoms with Gasteiger partial charge in [0.25, 0.3) is 0 Å². The minimum absolute atomic E-state index is 0.0418. The highest BCUT2D eigenvalue weighted by atomic mass is 16.6. The Balaban J connectivity index is 2.68. The van der Waals surface area contributed by atoms with Crippen LogP contribution in [0.4, 0.5) is 4.79 Å². The lowest BCUT2D eigenvalue weighted by molar-refractivity contribution is -0.131. The molecule has 0 saturated carbocycles. The standard InChI is InChI=1S/C17H32N2O3/c1-12(20)19-10-13(9-16(2,3)4)8-14(11-19)18-15(21)22-17(5,6)7/h13-14H,8-11H2,1-7H3,(H,18,21). The number of amides is 2. The number of alkyl carbamates (subject to hydrolysis) is 1. The van der Waals surface area contributed by atoms with E-state index in [2.05, 4.69) is 26.1 Å². The minimum atomic E-state index is -0.510. The SMILES string of the molecule is CC(=O)N1CC(CC(C)(C)C)CC(NC(=O)OC(C)(C)C)C1. The quantitative estimate of drug-likeness (QED) is 0.852. The van der Waals surface area contributed by atoms with E-state index in [0.717, 1.165) is 19.4 Å². The monoisotopic (exact) mass is 312 g/mol. The van der Waals surface area contributed by atoms with Crippen molar-refractivity contribution in [1.29, 1.82) is 0 Å². The maximum Gasteiger partial charge on any atom is 0.407 e. The molecule has 2 atom stereocenters. The van der Waals surface area contributed by atoms with Crippen molar-refractivity contribution in [1.82, 2.24) is 10.2 Å². The third-order valence-corrected chi connectivity index (χ3v) is 3.60. The zero-order chi connectivity index (χ0) is 17.1. The van der Waals surface area contributed by atoms with Crippen LogP contribution in [-0.2, 0) is 9.53 Å². The lowest BCUT2D eigenvalue weighted by Crippen LogP contribution is -2.53. The summed E-state index contributed by atoms with van der Waals surface area (Å²) in [4.78, 5) is 25.5. The van der Waals surface area contributed by atoms with Gasteiger partial charge in [0.15, 0.2) is 0 Å². The molecule has 128 valence electrons. The number of hydrogen-bond acceptors (Lipinski definition) is 3. The second-order valence-electron chi connectivity index (χ2n) is 8.63. The molecule has 2 unspecified atom stereocenters. The molecule has 0 aromatic rings. The fourth-order valence-corrected chi connectivity index (χ4v) is 3.05. The molecule has 0 spiro atoms. The van der Waals surface area contributed by atoms with Crippen LogP contribution in [0.15, 0.2) is 0 Å². The summed E-state index contributed by atoms with van der Waals surface area (Å²) < 4.78 is 5.32. The Kier molecular flexibility index (Phi) is 5.88. The van der Waals surface area contributed by atoms with Crippen LogP contribution in [-0.4, -0.2) is 41.6 Å². The molecule has 1 saturated heterocycles. The zero-order valence-electron chi connectivity index (χ0n) is 15.2. The number of carbonyl (C=O) groups is 2. The van der Waals surface area contributed by atoms with Gasteiger partial charge in [-0.2, -0.15) is 0 Å². The molecule has 1 aliphatic rings. The Morgan fingerprint density at radius 3 is 2.18 bits per heavy atom. The number of rotatable bonds is 2. The average molecular weight is 312 g/mol. The van der Waals surface area contributed by atoms with Crippen molar-refractivity contribution in [3.05, 3.63) is 0 Å². The lowest BCUT2D eigenvalue weighted by Gasteiger charge is -2.40. The Morgan fingerprint density at radius 1 is 1.14 bits per heavy atom. The third-order valence-electron chi connectivity index (χ3n) is 3.60. The molecule has 0 bridgehead atoms. The van der Waals surface area contributed by atoms with Gasteiger partial charge in [-0.1, -0.05) is 20.8 Å². The largest absolute Gasteiger partial charge is 0.444 e. The summed E-state index contributed by atoms with van der Waals surface area (Å²) in [6, 6.07) is -0.0418. The van der Waals surface area contributed by atoms with E-state index in [9.17, 15) is 9.59 Å². The highest BCUT2D eigenvalue weighted by molar-refractivity contribution is 5.73. The smallest absolute Gasteiger partial charge is 0.407 e. The average Bonchev–Trinajstić information content (AvgIpc) is 2.22. The van der Waals surface area contributed by atoms with Crippen molar-refractivity contribution in [2.45, 2.75) is 73.0 Å². The number of hydrogen-bond donors (Lipinski definition) is 1. The summed E-state index contributed by atoms with van der Waals surface area (Å²) in [5, 5.41) is 2.92. The summed E-state index contributed by atoms with van der Waals surface area (Å²) in [5.41, 5.74) is -0.301. The van der Waals surface area contributed by atoms with Gasteiger partial charge in [-0.25, -0.2) is 4.79 Å². The molecule has 1 N–H and O–H groups in total. The number of nitrogens with one attached hydrogen (secondary N) is 1. The summed E-state index contributed by atoms with van der Waals surface area (Å²) >= 11 is 0. The third kappa shape index (κ3) is 7.14. The fraction of sp³-hybridized carbons (Fsp3) is 0.882. The maximum atomic E-state index is 12.0. The number of ether oxygens (including phenoxy) is 1. The molecule has 0 aromatic heterocycles. The van der Waals surface area contributed by atoms with Crippen LogP contribution in [0.1, 0.15) is 61.3 Å². The van der Waals surface area contributed by atoms with E-state index < -0.39 is 11.7 Å². The van der Waals surface area contributed by atoms with Crippen LogP contribution in [0.25, 0.3) is 0 Å². The molecule has 2 amide bonds. The van der Waals surface area contributed by atoms with Gasteiger partial charge in [-0.05, 0) is 44.9 Å². The van der Waals surface area contributed by atoms with Gasteiger partial charge in [0.1, 0.15) is 5.60 Å². The predicted molar refractivity (Wildman–Crippen MR) is 87.6 cm³/mol. The first-order valence-electron chi connectivity index (χ1n) is 8.11. The van der Waals surface area contributed by atoms with Crippen molar-refractivity contribution in [3.8, 4) is 0 Å². The van der Waals surface area contributed by atoms with Crippen molar-refractivity contribution in [2.75, 3.05) is 13.1 Å². The van der Waals surface area contributed by atoms with Crippen molar-refractivity contribution in [2.24, 2.45) is 11.3 Å². The topological polar surface area (TPSA) is 58.6 Å². The molecule has 5 heteroatoms. The molecule has 0 aromatic carbocycles. The van der Waals surface area contributed by atoms with Crippen LogP contribution in [0, 0.1) is 11.3 Å². The highest BCUT2D eigenvalue weighted by Gasteiger charge is 2.32. The van der Waals surface area contributed by atoms with Crippen LogP contribution in [0.5, 0.6) is 0 Å². The molecule has 1 heterocycles. The first-order chi connectivity index (χ1) is 9.85. The summed E-state index contributed by atoms with van der Waals surface area (Å²) in [6.45, 7) is 15.1. The Labute approximate surface area is 134 Å². The number of carbonyl (C=O) groups excluding carboxylic acids is 2. The van der Waals surface area contributed by atoms with E-state index in [4.69, 9.17) is 4.74 Å². The summed E-state index contributed by atoms with van der Waals surface area (Å²) in [5.74, 6) is 0.465. The van der Waals surface area contributed by atoms with E-state index in [-0.39, 0.29) is 17.4 Å². The minimum Gasteiger partial charge on any atom is -0.444 e. The molecular weight excluding hydrogens is 280 g/mol. The Hall–Kier alpha value is -1.26. The Morgan fingerprint density at radius 2 is 1.73 bits per heavy atom. The van der Waals surface area contributed by atoms with E-state index in [1.165, 1.54) is 0 Å². The van der Waals surface area contributed by atoms with E-state index in [1.807, 2.05) is 25.7 Å². The molecule has 1 rings (SSSR count). The highest BCUT2D eigenvalue weighted by Crippen LogP contribution is 2.30. The van der Waals surface area contributed by atoms with Gasteiger partial charge in [-0.15, -0.1) is 0 Å². The van der Waals surface area contributed by atoms with Crippen LogP contribution < -0.4 is 5.32 Å². The molecule has 5 nitrogen and oxygen atoms in total. The first-order valence-corrected chi connectivity index (χ1v) is 8.11. The van der Waals surface area contributed by atoms with Crippen molar-refractivity contribution >= 4 is 12.0 Å². The van der Waals surface area contributed by atoms with Gasteiger partial charge < -0.3 is 15.0 Å². The number of piperidine rings is 1. The van der Waals surface area contributed by atoms with Crippen LogP contribution >= 0.6 is 0 Å².